The maximum absolute atomic E-state index is 13.1. The van der Waals surface area contributed by atoms with Gasteiger partial charge in [0.2, 0.25) is 0 Å². The molecule has 166 valence electrons. The molecule has 0 bridgehead atoms. The molecule has 0 radical (unpaired) electrons. The Bertz CT molecular complexity index is 1080. The average Bonchev–Trinajstić information content (AvgIpc) is 3.30. The van der Waals surface area contributed by atoms with E-state index in [0.717, 1.165) is 43.4 Å². The summed E-state index contributed by atoms with van der Waals surface area (Å²) in [4.78, 5) is 14.4. The van der Waals surface area contributed by atoms with E-state index in [9.17, 15) is 18.0 Å². The summed E-state index contributed by atoms with van der Waals surface area (Å²) in [6.45, 7) is 2.00. The second-order valence-corrected chi connectivity index (χ2v) is 7.32. The molecule has 3 aromatic rings. The minimum atomic E-state index is -4.56. The summed E-state index contributed by atoms with van der Waals surface area (Å²) in [6, 6.07) is 12.7. The number of aromatic nitrogens is 2. The van der Waals surface area contributed by atoms with Gasteiger partial charge in [-0.1, -0.05) is 12.1 Å². The van der Waals surface area contributed by atoms with Crippen LogP contribution in [0.1, 0.15) is 18.4 Å². The predicted molar refractivity (Wildman–Crippen MR) is 117 cm³/mol. The summed E-state index contributed by atoms with van der Waals surface area (Å²) < 4.78 is 39.2. The van der Waals surface area contributed by atoms with Crippen molar-refractivity contribution in [3.05, 3.63) is 66.4 Å². The van der Waals surface area contributed by atoms with E-state index in [1.165, 1.54) is 18.2 Å². The van der Waals surface area contributed by atoms with Crippen LogP contribution in [0.5, 0.6) is 0 Å². The number of amides is 2. The van der Waals surface area contributed by atoms with Gasteiger partial charge in [-0.05, 0) is 49.2 Å². The van der Waals surface area contributed by atoms with E-state index in [2.05, 4.69) is 31.0 Å². The van der Waals surface area contributed by atoms with Crippen LogP contribution in [0.4, 0.5) is 46.5 Å². The molecule has 0 spiro atoms. The van der Waals surface area contributed by atoms with E-state index in [1.54, 1.807) is 30.5 Å². The quantitative estimate of drug-likeness (QED) is 0.487. The minimum absolute atomic E-state index is 0.313. The zero-order valence-electron chi connectivity index (χ0n) is 17.0. The Morgan fingerprint density at radius 2 is 1.62 bits per heavy atom. The minimum Gasteiger partial charge on any atom is -0.370 e. The van der Waals surface area contributed by atoms with Crippen molar-refractivity contribution in [1.82, 2.24) is 10.2 Å². The maximum Gasteiger partial charge on any atom is 0.418 e. The number of hydrogen-bond donors (Lipinski definition) is 3. The third kappa shape index (κ3) is 5.26. The zero-order valence-corrected chi connectivity index (χ0v) is 17.0. The van der Waals surface area contributed by atoms with Crippen molar-refractivity contribution < 1.29 is 18.0 Å². The summed E-state index contributed by atoms with van der Waals surface area (Å²) in [5.74, 6) is 0.594. The van der Waals surface area contributed by atoms with Gasteiger partial charge in [0.25, 0.3) is 0 Å². The predicted octanol–water partition coefficient (Wildman–Crippen LogP) is 5.48. The average molecular weight is 442 g/mol. The maximum atomic E-state index is 13.1. The van der Waals surface area contributed by atoms with E-state index in [-0.39, 0.29) is 5.69 Å². The highest BCUT2D eigenvalue weighted by Gasteiger charge is 2.33. The van der Waals surface area contributed by atoms with Crippen molar-refractivity contribution in [3.8, 4) is 0 Å². The molecule has 7 nitrogen and oxygen atoms in total. The molecular weight excluding hydrogens is 421 g/mol. The van der Waals surface area contributed by atoms with E-state index >= 15 is 0 Å². The summed E-state index contributed by atoms with van der Waals surface area (Å²) in [5, 5.41) is 16.1. The van der Waals surface area contributed by atoms with Crippen LogP contribution in [0.25, 0.3) is 0 Å². The Morgan fingerprint density at radius 1 is 0.938 bits per heavy atom. The van der Waals surface area contributed by atoms with Crippen molar-refractivity contribution >= 4 is 34.6 Å². The van der Waals surface area contributed by atoms with Gasteiger partial charge in [0.1, 0.15) is 0 Å². The molecule has 10 heteroatoms. The SMILES string of the molecule is O=C(Nc1ccc(Nc2cc(N3CCCC3)cnn2)cc1)Nc1ccccc1C(F)(F)F. The molecule has 32 heavy (non-hydrogen) atoms. The van der Waals surface area contributed by atoms with Gasteiger partial charge in [0.05, 0.1) is 23.1 Å². The monoisotopic (exact) mass is 442 g/mol. The van der Waals surface area contributed by atoms with Crippen LogP contribution in [0.15, 0.2) is 60.8 Å². The second kappa shape index (κ2) is 9.13. The Morgan fingerprint density at radius 3 is 2.34 bits per heavy atom. The lowest BCUT2D eigenvalue weighted by Crippen LogP contribution is -2.21. The first-order valence-corrected chi connectivity index (χ1v) is 10.1. The first kappa shape index (κ1) is 21.4. The van der Waals surface area contributed by atoms with Crippen LogP contribution < -0.4 is 20.9 Å². The number of hydrogen-bond acceptors (Lipinski definition) is 5. The van der Waals surface area contributed by atoms with Crippen molar-refractivity contribution in [1.29, 1.82) is 0 Å². The molecule has 1 aromatic heterocycles. The molecule has 2 heterocycles. The van der Waals surface area contributed by atoms with Crippen LogP contribution >= 0.6 is 0 Å². The number of anilines is 5. The Kier molecular flexibility index (Phi) is 6.11. The third-order valence-corrected chi connectivity index (χ3v) is 5.01. The molecule has 1 aliphatic heterocycles. The van der Waals surface area contributed by atoms with Gasteiger partial charge in [0, 0.05) is 30.5 Å². The van der Waals surface area contributed by atoms with Crippen LogP contribution in [-0.2, 0) is 6.18 Å². The summed E-state index contributed by atoms with van der Waals surface area (Å²) in [7, 11) is 0. The fourth-order valence-electron chi connectivity index (χ4n) is 3.47. The Balaban J connectivity index is 1.37. The highest BCUT2D eigenvalue weighted by molar-refractivity contribution is 6.00. The number of halogens is 3. The normalized spacial score (nSPS) is 13.7. The van der Waals surface area contributed by atoms with E-state index in [1.807, 2.05) is 6.07 Å². The lowest BCUT2D eigenvalue weighted by atomic mass is 10.1. The Labute approximate surface area is 182 Å². The van der Waals surface area contributed by atoms with E-state index in [4.69, 9.17) is 0 Å². The number of nitrogens with one attached hydrogen (secondary N) is 3. The molecule has 0 atom stereocenters. The molecular formula is C22H21F3N6O. The van der Waals surface area contributed by atoms with Gasteiger partial charge in [0.15, 0.2) is 5.82 Å². The fraction of sp³-hybridized carbons (Fsp3) is 0.227. The number of urea groups is 1. The smallest absolute Gasteiger partial charge is 0.370 e. The van der Waals surface area contributed by atoms with Crippen LogP contribution in [0, 0.1) is 0 Å². The molecule has 0 saturated carbocycles. The third-order valence-electron chi connectivity index (χ3n) is 5.01. The number of para-hydroxylation sites is 1. The van der Waals surface area contributed by atoms with Crippen molar-refractivity contribution in [3.63, 3.8) is 0 Å². The van der Waals surface area contributed by atoms with Crippen LogP contribution in [-0.4, -0.2) is 29.3 Å². The first-order chi connectivity index (χ1) is 15.4. The lowest BCUT2D eigenvalue weighted by Gasteiger charge is -2.17. The van der Waals surface area contributed by atoms with Crippen molar-refractivity contribution in [2.24, 2.45) is 0 Å². The molecule has 3 N–H and O–H groups in total. The van der Waals surface area contributed by atoms with Gasteiger partial charge in [-0.15, -0.1) is 5.10 Å². The lowest BCUT2D eigenvalue weighted by molar-refractivity contribution is -0.136. The van der Waals surface area contributed by atoms with Gasteiger partial charge in [-0.25, -0.2) is 4.79 Å². The number of benzene rings is 2. The van der Waals surface area contributed by atoms with Crippen LogP contribution in [0.2, 0.25) is 0 Å². The van der Waals surface area contributed by atoms with Gasteiger partial charge < -0.3 is 20.9 Å². The molecule has 1 aliphatic rings. The van der Waals surface area contributed by atoms with Crippen molar-refractivity contribution in [2.45, 2.75) is 19.0 Å². The van der Waals surface area contributed by atoms with E-state index < -0.39 is 17.8 Å². The highest BCUT2D eigenvalue weighted by atomic mass is 19.4. The van der Waals surface area contributed by atoms with Gasteiger partial charge >= 0.3 is 12.2 Å². The first-order valence-electron chi connectivity index (χ1n) is 10.1. The van der Waals surface area contributed by atoms with Crippen LogP contribution in [0.3, 0.4) is 0 Å². The molecule has 1 fully saturated rings. The molecule has 0 unspecified atom stereocenters. The number of alkyl halides is 3. The molecule has 1 saturated heterocycles. The van der Waals surface area contributed by atoms with E-state index in [0.29, 0.717) is 11.5 Å². The number of rotatable bonds is 5. The summed E-state index contributed by atoms with van der Waals surface area (Å²) in [5.41, 5.74) is 0.939. The largest absolute Gasteiger partial charge is 0.418 e. The Hall–Kier alpha value is -3.82. The standard InChI is InChI=1S/C22H21F3N6O/c23-22(24,25)18-5-1-2-6-19(18)29-21(32)28-16-9-7-15(8-10-16)27-20-13-17(14-26-30-20)31-11-3-4-12-31/h1-2,5-10,13-14H,3-4,11-12H2,(H,27,30)(H2,28,29,32). The van der Waals surface area contributed by atoms with Gasteiger partial charge in [-0.3, -0.25) is 0 Å². The zero-order chi connectivity index (χ0) is 22.6. The highest BCUT2D eigenvalue weighted by Crippen LogP contribution is 2.34. The van der Waals surface area contributed by atoms with Gasteiger partial charge in [-0.2, -0.15) is 18.3 Å². The molecule has 0 aliphatic carbocycles. The number of carbonyl (C=O) groups is 1. The fourth-order valence-corrected chi connectivity index (χ4v) is 3.47. The number of nitrogens with zero attached hydrogens (tertiary/aromatic N) is 3. The molecule has 4 rings (SSSR count). The summed E-state index contributed by atoms with van der Waals surface area (Å²) >= 11 is 0. The molecule has 2 amide bonds. The second-order valence-electron chi connectivity index (χ2n) is 7.32. The number of carbonyl (C=O) groups excluding carboxylic acids is 1. The summed E-state index contributed by atoms with van der Waals surface area (Å²) in [6.07, 6.45) is -0.505. The topological polar surface area (TPSA) is 82.2 Å². The molecule has 2 aromatic carbocycles. The van der Waals surface area contributed by atoms with Crippen molar-refractivity contribution in [2.75, 3.05) is 33.9 Å².